The molecule has 0 aliphatic carbocycles. The van der Waals surface area contributed by atoms with Crippen molar-refractivity contribution in [3.63, 3.8) is 0 Å². The lowest BCUT2D eigenvalue weighted by Crippen LogP contribution is -2.33. The Balaban J connectivity index is 1.81. The van der Waals surface area contributed by atoms with Gasteiger partial charge >= 0.3 is 0 Å². The molecule has 0 spiro atoms. The molecule has 1 aromatic heterocycles. The maximum atomic E-state index is 5.35. The summed E-state index contributed by atoms with van der Waals surface area (Å²) in [7, 11) is 1.79. The molecule has 20 heavy (non-hydrogen) atoms. The molecule has 0 bridgehead atoms. The first-order valence-corrected chi connectivity index (χ1v) is 7.83. The maximum Gasteiger partial charge on any atom is 0.129 e. The lowest BCUT2D eigenvalue weighted by Gasteiger charge is -2.26. The number of fused-ring (bicyclic) bond motifs is 1. The first-order valence-electron chi connectivity index (χ1n) is 7.83. The van der Waals surface area contributed by atoms with Crippen LogP contribution >= 0.6 is 0 Å². The molecule has 4 heteroatoms. The number of aromatic nitrogens is 1. The zero-order valence-electron chi connectivity index (χ0n) is 12.4. The minimum Gasteiger partial charge on any atom is -0.383 e. The van der Waals surface area contributed by atoms with Gasteiger partial charge in [-0.05, 0) is 50.3 Å². The number of aryl methyl sites for hydroxylation is 1. The highest BCUT2D eigenvalue weighted by atomic mass is 16.5. The van der Waals surface area contributed by atoms with Crippen LogP contribution in [0.1, 0.15) is 36.9 Å². The average Bonchev–Trinajstić information content (AvgIpc) is 2.88. The van der Waals surface area contributed by atoms with Gasteiger partial charge in [0, 0.05) is 25.9 Å². The Morgan fingerprint density at radius 2 is 2.30 bits per heavy atom. The van der Waals surface area contributed by atoms with Crippen LogP contribution < -0.4 is 10.2 Å². The van der Waals surface area contributed by atoms with Crippen molar-refractivity contribution in [1.82, 2.24) is 10.3 Å². The largest absolute Gasteiger partial charge is 0.383 e. The van der Waals surface area contributed by atoms with Crippen LogP contribution in [0.3, 0.4) is 0 Å². The van der Waals surface area contributed by atoms with Gasteiger partial charge in [-0.1, -0.05) is 6.07 Å². The van der Waals surface area contributed by atoms with Gasteiger partial charge in [0.2, 0.25) is 0 Å². The summed E-state index contributed by atoms with van der Waals surface area (Å²) in [5, 5.41) is 3.49. The Morgan fingerprint density at radius 1 is 1.35 bits per heavy atom. The quantitative estimate of drug-likeness (QED) is 0.917. The smallest absolute Gasteiger partial charge is 0.129 e. The molecule has 0 radical (unpaired) electrons. The van der Waals surface area contributed by atoms with Gasteiger partial charge in [0.15, 0.2) is 0 Å². The highest BCUT2D eigenvalue weighted by Gasteiger charge is 2.26. The first kappa shape index (κ1) is 13.8. The maximum absolute atomic E-state index is 5.35. The predicted molar refractivity (Wildman–Crippen MR) is 81.1 cm³/mol. The van der Waals surface area contributed by atoms with E-state index in [1.165, 1.54) is 36.9 Å². The lowest BCUT2D eigenvalue weighted by atomic mass is 10.1. The van der Waals surface area contributed by atoms with Crippen LogP contribution in [-0.2, 0) is 17.7 Å². The molecule has 0 saturated carbocycles. The minimum atomic E-state index is 0.497. The van der Waals surface area contributed by atoms with Gasteiger partial charge < -0.3 is 15.0 Å². The molecular formula is C16H25N3O. The minimum absolute atomic E-state index is 0.497. The number of hydrogen-bond acceptors (Lipinski definition) is 4. The van der Waals surface area contributed by atoms with Crippen molar-refractivity contribution in [2.45, 2.75) is 44.7 Å². The molecule has 0 unspecified atom stereocenters. The number of anilines is 1. The van der Waals surface area contributed by atoms with Gasteiger partial charge in [0.05, 0.1) is 12.6 Å². The molecule has 1 saturated heterocycles. The number of hydrogen-bond donors (Lipinski definition) is 1. The molecule has 1 fully saturated rings. The molecule has 3 rings (SSSR count). The van der Waals surface area contributed by atoms with E-state index < -0.39 is 0 Å². The van der Waals surface area contributed by atoms with Crippen LogP contribution in [0.15, 0.2) is 12.1 Å². The predicted octanol–water partition coefficient (Wildman–Crippen LogP) is 2.12. The molecule has 0 aromatic carbocycles. The summed E-state index contributed by atoms with van der Waals surface area (Å²) < 4.78 is 5.35. The zero-order chi connectivity index (χ0) is 13.8. The number of pyridine rings is 1. The number of rotatable bonds is 3. The second kappa shape index (κ2) is 6.55. The van der Waals surface area contributed by atoms with E-state index in [0.29, 0.717) is 6.04 Å². The van der Waals surface area contributed by atoms with Crippen LogP contribution in [0.4, 0.5) is 5.82 Å². The van der Waals surface area contributed by atoms with Crippen molar-refractivity contribution >= 4 is 5.82 Å². The molecule has 1 N–H and O–H groups in total. The fraction of sp³-hybridized carbons (Fsp3) is 0.688. The molecule has 2 aliphatic heterocycles. The third kappa shape index (κ3) is 2.96. The lowest BCUT2D eigenvalue weighted by molar-refractivity contribution is 0.180. The van der Waals surface area contributed by atoms with E-state index in [9.17, 15) is 0 Å². The van der Waals surface area contributed by atoms with Gasteiger partial charge in [-0.2, -0.15) is 0 Å². The summed E-state index contributed by atoms with van der Waals surface area (Å²) >= 11 is 0. The second-order valence-electron chi connectivity index (χ2n) is 5.85. The Morgan fingerprint density at radius 3 is 3.20 bits per heavy atom. The van der Waals surface area contributed by atoms with Crippen molar-refractivity contribution in [2.24, 2.45) is 0 Å². The highest BCUT2D eigenvalue weighted by Crippen LogP contribution is 2.26. The van der Waals surface area contributed by atoms with Crippen LogP contribution in [0.25, 0.3) is 0 Å². The van der Waals surface area contributed by atoms with Crippen molar-refractivity contribution in [3.05, 3.63) is 23.4 Å². The third-order valence-corrected chi connectivity index (χ3v) is 4.42. The van der Waals surface area contributed by atoms with E-state index in [1.54, 1.807) is 7.11 Å². The molecule has 2 aliphatic rings. The van der Waals surface area contributed by atoms with Crippen LogP contribution in [0, 0.1) is 0 Å². The standard InChI is InChI=1S/C16H25N3O/c1-20-12-14-5-4-10-19(14)16-8-7-13-11-17-9-3-2-6-15(13)18-16/h7-8,14,17H,2-6,9-12H2,1H3/t14-/m1/s1. The third-order valence-electron chi connectivity index (χ3n) is 4.42. The van der Waals surface area contributed by atoms with Crippen LogP contribution in [-0.4, -0.2) is 37.8 Å². The van der Waals surface area contributed by atoms with Crippen LogP contribution in [0.5, 0.6) is 0 Å². The fourth-order valence-corrected chi connectivity index (χ4v) is 3.32. The van der Waals surface area contributed by atoms with Crippen molar-refractivity contribution < 1.29 is 4.74 Å². The van der Waals surface area contributed by atoms with E-state index >= 15 is 0 Å². The van der Waals surface area contributed by atoms with Crippen molar-refractivity contribution in [2.75, 3.05) is 31.7 Å². The number of methoxy groups -OCH3 is 1. The van der Waals surface area contributed by atoms with E-state index in [2.05, 4.69) is 22.3 Å². The highest BCUT2D eigenvalue weighted by molar-refractivity contribution is 5.44. The second-order valence-corrected chi connectivity index (χ2v) is 5.85. The summed E-state index contributed by atoms with van der Waals surface area (Å²) in [6.07, 6.45) is 6.06. The van der Waals surface area contributed by atoms with E-state index in [0.717, 1.165) is 38.5 Å². The first-order chi connectivity index (χ1) is 9.88. The Hall–Kier alpha value is -1.13. The number of ether oxygens (including phenoxy) is 1. The van der Waals surface area contributed by atoms with Gasteiger partial charge in [0.25, 0.3) is 0 Å². The summed E-state index contributed by atoms with van der Waals surface area (Å²) in [5.74, 6) is 1.14. The van der Waals surface area contributed by atoms with Crippen LogP contribution in [0.2, 0.25) is 0 Å². The van der Waals surface area contributed by atoms with Gasteiger partial charge in [-0.25, -0.2) is 4.98 Å². The molecule has 0 amide bonds. The zero-order valence-corrected chi connectivity index (χ0v) is 12.4. The van der Waals surface area contributed by atoms with Gasteiger partial charge in [0.1, 0.15) is 5.82 Å². The van der Waals surface area contributed by atoms with E-state index in [1.807, 2.05) is 0 Å². The molecule has 110 valence electrons. The molecule has 1 atom stereocenters. The monoisotopic (exact) mass is 275 g/mol. The summed E-state index contributed by atoms with van der Waals surface area (Å²) in [6.45, 7) is 4.01. The SMILES string of the molecule is COC[C@H]1CCCN1c1ccc2c(n1)CCCCNC2. The van der Waals surface area contributed by atoms with Crippen molar-refractivity contribution in [1.29, 1.82) is 0 Å². The van der Waals surface area contributed by atoms with E-state index in [-0.39, 0.29) is 0 Å². The van der Waals surface area contributed by atoms with E-state index in [4.69, 9.17) is 9.72 Å². The normalized spacial score (nSPS) is 23.2. The molecule has 1 aromatic rings. The molecule has 4 nitrogen and oxygen atoms in total. The summed E-state index contributed by atoms with van der Waals surface area (Å²) in [4.78, 5) is 7.39. The topological polar surface area (TPSA) is 37.4 Å². The number of nitrogens with one attached hydrogen (secondary N) is 1. The fourth-order valence-electron chi connectivity index (χ4n) is 3.32. The van der Waals surface area contributed by atoms with Gasteiger partial charge in [-0.15, -0.1) is 0 Å². The van der Waals surface area contributed by atoms with Gasteiger partial charge in [-0.3, -0.25) is 0 Å². The summed E-state index contributed by atoms with van der Waals surface area (Å²) in [6, 6.07) is 4.95. The average molecular weight is 275 g/mol. The molecular weight excluding hydrogens is 250 g/mol. The summed E-state index contributed by atoms with van der Waals surface area (Å²) in [5.41, 5.74) is 2.66. The Kier molecular flexibility index (Phi) is 4.53. The Bertz CT molecular complexity index is 449. The molecule has 3 heterocycles. The number of nitrogens with zero attached hydrogens (tertiary/aromatic N) is 2. The Labute approximate surface area is 121 Å². The van der Waals surface area contributed by atoms with Crippen molar-refractivity contribution in [3.8, 4) is 0 Å².